The van der Waals surface area contributed by atoms with Crippen LogP contribution in [-0.2, 0) is 6.54 Å². The number of nitrogens with zero attached hydrogens (tertiary/aromatic N) is 1. The average molecular weight is 258 g/mol. The van der Waals surface area contributed by atoms with Gasteiger partial charge in [0.15, 0.2) is 0 Å². The molecule has 0 aliphatic rings. The molecule has 1 heterocycles. The van der Waals surface area contributed by atoms with E-state index in [9.17, 15) is 4.79 Å². The van der Waals surface area contributed by atoms with E-state index < -0.39 is 0 Å². The van der Waals surface area contributed by atoms with Crippen molar-refractivity contribution in [2.75, 3.05) is 6.61 Å². The van der Waals surface area contributed by atoms with Gasteiger partial charge in [0, 0.05) is 18.8 Å². The van der Waals surface area contributed by atoms with Gasteiger partial charge in [0.25, 0.3) is 5.91 Å². The molecule has 0 aliphatic carbocycles. The number of hydrogen-bond acceptors (Lipinski definition) is 2. The Morgan fingerprint density at radius 3 is 2.68 bits per heavy atom. The zero-order valence-electron chi connectivity index (χ0n) is 10.9. The number of nitrogens with one attached hydrogen (secondary N) is 1. The Balaban J connectivity index is 2.11. The van der Waals surface area contributed by atoms with E-state index in [1.807, 2.05) is 47.2 Å². The van der Waals surface area contributed by atoms with Crippen molar-refractivity contribution in [2.45, 2.75) is 19.5 Å². The van der Waals surface area contributed by atoms with Crippen molar-refractivity contribution in [3.8, 4) is 0 Å². The van der Waals surface area contributed by atoms with E-state index in [0.717, 1.165) is 5.56 Å². The van der Waals surface area contributed by atoms with E-state index in [4.69, 9.17) is 5.11 Å². The quantitative estimate of drug-likeness (QED) is 0.856. The number of amides is 1. The van der Waals surface area contributed by atoms with Gasteiger partial charge in [-0.2, -0.15) is 0 Å². The van der Waals surface area contributed by atoms with Crippen LogP contribution in [0, 0.1) is 0 Å². The fourth-order valence-electron chi connectivity index (χ4n) is 1.88. The SMILES string of the molecule is CC(CO)NC(=O)c1cccn1Cc1ccccc1. The Labute approximate surface area is 112 Å². The van der Waals surface area contributed by atoms with Crippen molar-refractivity contribution in [3.05, 3.63) is 59.9 Å². The fourth-order valence-corrected chi connectivity index (χ4v) is 1.88. The van der Waals surface area contributed by atoms with Gasteiger partial charge in [-0.05, 0) is 24.6 Å². The van der Waals surface area contributed by atoms with Crippen LogP contribution in [0.1, 0.15) is 23.0 Å². The van der Waals surface area contributed by atoms with Gasteiger partial charge in [0.2, 0.25) is 0 Å². The third-order valence-corrected chi connectivity index (χ3v) is 2.91. The second kappa shape index (κ2) is 6.20. The Morgan fingerprint density at radius 1 is 1.26 bits per heavy atom. The van der Waals surface area contributed by atoms with Gasteiger partial charge in [-0.25, -0.2) is 0 Å². The lowest BCUT2D eigenvalue weighted by Crippen LogP contribution is -2.36. The van der Waals surface area contributed by atoms with E-state index in [1.165, 1.54) is 0 Å². The Morgan fingerprint density at radius 2 is 2.00 bits per heavy atom. The minimum atomic E-state index is -0.243. The van der Waals surface area contributed by atoms with Crippen LogP contribution in [0.3, 0.4) is 0 Å². The van der Waals surface area contributed by atoms with Gasteiger partial charge in [-0.15, -0.1) is 0 Å². The molecule has 1 atom stereocenters. The van der Waals surface area contributed by atoms with Crippen LogP contribution < -0.4 is 5.32 Å². The van der Waals surface area contributed by atoms with Gasteiger partial charge < -0.3 is 15.0 Å². The lowest BCUT2D eigenvalue weighted by atomic mass is 10.2. The Bertz CT molecular complexity index is 534. The van der Waals surface area contributed by atoms with Crippen molar-refractivity contribution in [1.29, 1.82) is 0 Å². The van der Waals surface area contributed by atoms with E-state index in [0.29, 0.717) is 12.2 Å². The summed E-state index contributed by atoms with van der Waals surface area (Å²) >= 11 is 0. The number of carbonyl (C=O) groups excluding carboxylic acids is 1. The van der Waals surface area contributed by atoms with Crippen LogP contribution >= 0.6 is 0 Å². The van der Waals surface area contributed by atoms with E-state index in [-0.39, 0.29) is 18.6 Å². The molecule has 1 unspecified atom stereocenters. The summed E-state index contributed by atoms with van der Waals surface area (Å²) in [5.41, 5.74) is 1.74. The van der Waals surface area contributed by atoms with Crippen LogP contribution in [0.2, 0.25) is 0 Å². The molecule has 1 aromatic carbocycles. The highest BCUT2D eigenvalue weighted by molar-refractivity contribution is 5.92. The molecule has 2 rings (SSSR count). The molecule has 0 aliphatic heterocycles. The van der Waals surface area contributed by atoms with Crippen LogP contribution in [-0.4, -0.2) is 28.2 Å². The van der Waals surface area contributed by atoms with E-state index in [1.54, 1.807) is 13.0 Å². The van der Waals surface area contributed by atoms with E-state index in [2.05, 4.69) is 5.32 Å². The molecule has 4 nitrogen and oxygen atoms in total. The Hall–Kier alpha value is -2.07. The molecule has 2 aromatic rings. The average Bonchev–Trinajstić information content (AvgIpc) is 2.88. The first-order chi connectivity index (χ1) is 9.20. The molecule has 4 heteroatoms. The minimum absolute atomic E-state index is 0.0644. The minimum Gasteiger partial charge on any atom is -0.394 e. The highest BCUT2D eigenvalue weighted by Crippen LogP contribution is 2.08. The number of aromatic nitrogens is 1. The standard InChI is InChI=1S/C15H18N2O2/c1-12(11-18)16-15(19)14-8-5-9-17(14)10-13-6-3-2-4-7-13/h2-9,12,18H,10-11H2,1H3,(H,16,19). The van der Waals surface area contributed by atoms with Crippen LogP contribution in [0.15, 0.2) is 48.7 Å². The number of rotatable bonds is 5. The lowest BCUT2D eigenvalue weighted by Gasteiger charge is -2.13. The molecule has 100 valence electrons. The second-order valence-corrected chi connectivity index (χ2v) is 4.56. The molecule has 0 bridgehead atoms. The molecular weight excluding hydrogens is 240 g/mol. The fraction of sp³-hybridized carbons (Fsp3) is 0.267. The predicted molar refractivity (Wildman–Crippen MR) is 74.0 cm³/mol. The largest absolute Gasteiger partial charge is 0.394 e. The molecule has 0 saturated carbocycles. The topological polar surface area (TPSA) is 54.3 Å². The first-order valence-corrected chi connectivity index (χ1v) is 6.31. The van der Waals surface area contributed by atoms with Gasteiger partial charge in [-0.3, -0.25) is 4.79 Å². The van der Waals surface area contributed by atoms with E-state index >= 15 is 0 Å². The van der Waals surface area contributed by atoms with Crippen molar-refractivity contribution < 1.29 is 9.90 Å². The highest BCUT2D eigenvalue weighted by atomic mass is 16.3. The summed E-state index contributed by atoms with van der Waals surface area (Å²) in [6.07, 6.45) is 1.88. The first-order valence-electron chi connectivity index (χ1n) is 6.31. The summed E-state index contributed by atoms with van der Waals surface area (Å²) in [5.74, 6) is -0.164. The van der Waals surface area contributed by atoms with Crippen LogP contribution in [0.25, 0.3) is 0 Å². The highest BCUT2D eigenvalue weighted by Gasteiger charge is 2.12. The molecule has 0 spiro atoms. The number of aliphatic hydroxyl groups is 1. The molecule has 0 saturated heterocycles. The van der Waals surface area contributed by atoms with Crippen LogP contribution in [0.5, 0.6) is 0 Å². The molecule has 2 N–H and O–H groups in total. The van der Waals surface area contributed by atoms with Crippen molar-refractivity contribution >= 4 is 5.91 Å². The predicted octanol–water partition coefficient (Wildman–Crippen LogP) is 1.65. The third-order valence-electron chi connectivity index (χ3n) is 2.91. The molecular formula is C15H18N2O2. The van der Waals surface area contributed by atoms with Gasteiger partial charge >= 0.3 is 0 Å². The van der Waals surface area contributed by atoms with Crippen molar-refractivity contribution in [2.24, 2.45) is 0 Å². The smallest absolute Gasteiger partial charge is 0.268 e. The molecule has 0 fully saturated rings. The summed E-state index contributed by atoms with van der Waals surface area (Å²) in [7, 11) is 0. The van der Waals surface area contributed by atoms with Crippen LogP contribution in [0.4, 0.5) is 0 Å². The first kappa shape index (κ1) is 13.4. The molecule has 1 amide bonds. The normalized spacial score (nSPS) is 12.1. The molecule has 19 heavy (non-hydrogen) atoms. The third kappa shape index (κ3) is 3.45. The zero-order chi connectivity index (χ0) is 13.7. The summed E-state index contributed by atoms with van der Waals surface area (Å²) in [6.45, 7) is 2.36. The maximum atomic E-state index is 12.0. The number of carbonyl (C=O) groups is 1. The Kier molecular flexibility index (Phi) is 4.36. The van der Waals surface area contributed by atoms with Crippen molar-refractivity contribution in [1.82, 2.24) is 9.88 Å². The zero-order valence-corrected chi connectivity index (χ0v) is 10.9. The summed E-state index contributed by atoms with van der Waals surface area (Å²) in [6, 6.07) is 13.4. The second-order valence-electron chi connectivity index (χ2n) is 4.56. The lowest BCUT2D eigenvalue weighted by molar-refractivity contribution is 0.0913. The maximum absolute atomic E-state index is 12.0. The number of benzene rings is 1. The van der Waals surface area contributed by atoms with Crippen molar-refractivity contribution in [3.63, 3.8) is 0 Å². The van der Waals surface area contributed by atoms with Gasteiger partial charge in [-0.1, -0.05) is 30.3 Å². The number of aliphatic hydroxyl groups excluding tert-OH is 1. The number of hydrogen-bond donors (Lipinski definition) is 2. The summed E-state index contributed by atoms with van der Waals surface area (Å²) in [5, 5.41) is 11.7. The monoisotopic (exact) mass is 258 g/mol. The maximum Gasteiger partial charge on any atom is 0.268 e. The summed E-state index contributed by atoms with van der Waals surface area (Å²) < 4.78 is 1.90. The molecule has 1 aromatic heterocycles. The summed E-state index contributed by atoms with van der Waals surface area (Å²) in [4.78, 5) is 12.0. The van der Waals surface area contributed by atoms with Gasteiger partial charge in [0.05, 0.1) is 6.61 Å². The van der Waals surface area contributed by atoms with Gasteiger partial charge in [0.1, 0.15) is 5.69 Å². The molecule has 0 radical (unpaired) electrons.